The van der Waals surface area contributed by atoms with Crippen LogP contribution in [0.5, 0.6) is 0 Å². The molecule has 1 aliphatic rings. The molecule has 0 saturated heterocycles. The Bertz CT molecular complexity index is 494. The summed E-state index contributed by atoms with van der Waals surface area (Å²) in [4.78, 5) is 21.2. The Morgan fingerprint density at radius 1 is 1.62 bits per heavy atom. The van der Waals surface area contributed by atoms with Gasteiger partial charge in [0.05, 0.1) is 18.8 Å². The zero-order valence-corrected chi connectivity index (χ0v) is 9.38. The molecule has 1 amide bonds. The number of rotatable bonds is 1. The minimum absolute atomic E-state index is 0.128. The van der Waals surface area contributed by atoms with Crippen LogP contribution in [0.2, 0.25) is 5.28 Å². The number of aromatic nitrogens is 2. The Kier molecular flexibility index (Phi) is 2.67. The van der Waals surface area contributed by atoms with Gasteiger partial charge in [-0.2, -0.15) is 4.98 Å². The smallest absolute Gasteiger partial charge is 0.244 e. The molecule has 5 nitrogen and oxygen atoms in total. The highest BCUT2D eigenvalue weighted by molar-refractivity contribution is 6.28. The number of carbonyl (C=O) groups excluding carboxylic acids is 1. The minimum Gasteiger partial charge on any atom is -0.334 e. The van der Waals surface area contributed by atoms with Gasteiger partial charge in [0, 0.05) is 0 Å². The fourth-order valence-corrected chi connectivity index (χ4v) is 1.77. The maximum Gasteiger partial charge on any atom is 0.244 e. The van der Waals surface area contributed by atoms with Crippen molar-refractivity contribution in [1.82, 2.24) is 9.97 Å². The van der Waals surface area contributed by atoms with E-state index in [9.17, 15) is 4.79 Å². The van der Waals surface area contributed by atoms with Crippen LogP contribution in [0.1, 0.15) is 5.69 Å². The average molecular weight is 237 g/mol. The van der Waals surface area contributed by atoms with E-state index in [0.717, 1.165) is 0 Å². The molecule has 0 bridgehead atoms. The van der Waals surface area contributed by atoms with Crippen molar-refractivity contribution in [3.63, 3.8) is 0 Å². The molecule has 6 heteroatoms. The average Bonchev–Trinajstić information content (AvgIpc) is 2.20. The molecule has 0 aliphatic carbocycles. The third-order valence-corrected chi connectivity index (χ3v) is 2.39. The molecular weight excluding hydrogens is 228 g/mol. The summed E-state index contributed by atoms with van der Waals surface area (Å²) in [6, 6.07) is 0. The van der Waals surface area contributed by atoms with E-state index in [1.807, 2.05) is 0 Å². The molecule has 0 unspecified atom stereocenters. The van der Waals surface area contributed by atoms with E-state index < -0.39 is 0 Å². The Hall–Kier alpha value is -1.80. The molecule has 2 heterocycles. The van der Waals surface area contributed by atoms with Crippen molar-refractivity contribution < 1.29 is 4.79 Å². The number of terminal acetylenes is 1. The van der Waals surface area contributed by atoms with Crippen LogP contribution in [-0.4, -0.2) is 29.0 Å². The van der Waals surface area contributed by atoms with Crippen molar-refractivity contribution in [3.05, 3.63) is 11.0 Å². The maximum atomic E-state index is 11.4. The van der Waals surface area contributed by atoms with Crippen LogP contribution in [0.25, 0.3) is 0 Å². The summed E-state index contributed by atoms with van der Waals surface area (Å²) in [6.07, 6.45) is 5.24. The fourth-order valence-electron chi connectivity index (χ4n) is 1.57. The third-order valence-electron chi connectivity index (χ3n) is 2.22. The Labute approximate surface area is 97.8 Å². The summed E-state index contributed by atoms with van der Waals surface area (Å²) in [5.74, 6) is 2.93. The van der Waals surface area contributed by atoms with Crippen LogP contribution in [0.15, 0.2) is 0 Å². The Morgan fingerprint density at radius 3 is 3.06 bits per heavy atom. The summed E-state index contributed by atoms with van der Waals surface area (Å²) in [7, 11) is 0. The monoisotopic (exact) mass is 236 g/mol. The van der Waals surface area contributed by atoms with Crippen LogP contribution in [0.3, 0.4) is 0 Å². The number of hydrogen-bond acceptors (Lipinski definition) is 4. The predicted molar refractivity (Wildman–Crippen MR) is 61.5 cm³/mol. The summed E-state index contributed by atoms with van der Waals surface area (Å²) in [5.41, 5.74) is 1.21. The van der Waals surface area contributed by atoms with E-state index in [2.05, 4.69) is 21.2 Å². The van der Waals surface area contributed by atoms with Crippen molar-refractivity contribution in [3.8, 4) is 12.3 Å². The summed E-state index contributed by atoms with van der Waals surface area (Å²) >= 11 is 5.77. The Morgan fingerprint density at radius 2 is 2.38 bits per heavy atom. The summed E-state index contributed by atoms with van der Waals surface area (Å²) < 4.78 is 0. The topological polar surface area (TPSA) is 58.1 Å². The van der Waals surface area contributed by atoms with E-state index in [1.165, 1.54) is 0 Å². The summed E-state index contributed by atoms with van der Waals surface area (Å²) in [6.45, 7) is 2.25. The molecule has 0 spiro atoms. The largest absolute Gasteiger partial charge is 0.334 e. The van der Waals surface area contributed by atoms with Gasteiger partial charge in [0.2, 0.25) is 11.2 Å². The molecule has 0 fully saturated rings. The number of amides is 1. The molecular formula is C10H9ClN4O. The second-order valence-corrected chi connectivity index (χ2v) is 3.72. The van der Waals surface area contributed by atoms with Gasteiger partial charge < -0.3 is 10.2 Å². The normalized spacial score (nSPS) is 14.1. The molecule has 1 N–H and O–H groups in total. The maximum absolute atomic E-state index is 11.4. The van der Waals surface area contributed by atoms with Crippen molar-refractivity contribution in [2.45, 2.75) is 6.92 Å². The molecule has 0 atom stereocenters. The third kappa shape index (κ3) is 1.79. The number of carbonyl (C=O) groups is 1. The number of halogens is 1. The molecule has 82 valence electrons. The van der Waals surface area contributed by atoms with Crippen LogP contribution in [0.4, 0.5) is 11.5 Å². The van der Waals surface area contributed by atoms with Gasteiger partial charge in [0.25, 0.3) is 0 Å². The first-order valence-electron chi connectivity index (χ1n) is 4.64. The van der Waals surface area contributed by atoms with Gasteiger partial charge in [-0.3, -0.25) is 4.79 Å². The molecule has 0 radical (unpaired) electrons. The lowest BCUT2D eigenvalue weighted by molar-refractivity contribution is -0.115. The molecule has 0 aromatic carbocycles. The molecule has 16 heavy (non-hydrogen) atoms. The van der Waals surface area contributed by atoms with Crippen LogP contribution >= 0.6 is 11.6 Å². The number of nitrogens with zero attached hydrogens (tertiary/aromatic N) is 3. The first-order valence-corrected chi connectivity index (χ1v) is 5.02. The van der Waals surface area contributed by atoms with E-state index in [1.54, 1.807) is 11.8 Å². The highest BCUT2D eigenvalue weighted by Crippen LogP contribution is 2.30. The molecule has 1 aromatic heterocycles. The minimum atomic E-state index is -0.128. The second kappa shape index (κ2) is 3.99. The number of fused-ring (bicyclic) bond motifs is 1. The fraction of sp³-hybridized carbons (Fsp3) is 0.300. The second-order valence-electron chi connectivity index (χ2n) is 3.39. The van der Waals surface area contributed by atoms with Gasteiger partial charge in [-0.25, -0.2) is 4.98 Å². The van der Waals surface area contributed by atoms with Gasteiger partial charge in [-0.15, -0.1) is 6.42 Å². The standard InChI is InChI=1S/C10H9ClN4O/c1-3-4-15-5-7(16)13-8-6(2)12-10(11)14-9(8)15/h1H,4-5H2,2H3,(H,13,16). The van der Waals surface area contributed by atoms with E-state index in [4.69, 9.17) is 18.0 Å². The number of nitrogens with one attached hydrogen (secondary N) is 1. The Balaban J connectivity index is 2.52. The lowest BCUT2D eigenvalue weighted by atomic mass is 10.2. The van der Waals surface area contributed by atoms with Crippen molar-refractivity contribution in [2.75, 3.05) is 23.3 Å². The van der Waals surface area contributed by atoms with Gasteiger partial charge in [0.1, 0.15) is 5.69 Å². The van der Waals surface area contributed by atoms with Gasteiger partial charge in [0.15, 0.2) is 5.82 Å². The van der Waals surface area contributed by atoms with Crippen LogP contribution in [0, 0.1) is 19.3 Å². The molecule has 2 rings (SSSR count). The zero-order chi connectivity index (χ0) is 11.7. The zero-order valence-electron chi connectivity index (χ0n) is 8.62. The quantitative estimate of drug-likeness (QED) is 0.580. The van der Waals surface area contributed by atoms with Gasteiger partial charge in [-0.05, 0) is 18.5 Å². The highest BCUT2D eigenvalue weighted by Gasteiger charge is 2.25. The van der Waals surface area contributed by atoms with Gasteiger partial charge in [-0.1, -0.05) is 5.92 Å². The number of anilines is 2. The van der Waals surface area contributed by atoms with Crippen molar-refractivity contribution in [1.29, 1.82) is 0 Å². The first kappa shape index (κ1) is 10.7. The van der Waals surface area contributed by atoms with E-state index >= 15 is 0 Å². The number of aryl methyl sites for hydroxylation is 1. The van der Waals surface area contributed by atoms with E-state index in [0.29, 0.717) is 23.7 Å². The molecule has 1 aromatic rings. The highest BCUT2D eigenvalue weighted by atomic mass is 35.5. The predicted octanol–water partition coefficient (Wildman–Crippen LogP) is 0.830. The SMILES string of the molecule is C#CCN1CC(=O)Nc2c(C)nc(Cl)nc21. The van der Waals surface area contributed by atoms with Crippen molar-refractivity contribution in [2.24, 2.45) is 0 Å². The molecule has 0 saturated carbocycles. The summed E-state index contributed by atoms with van der Waals surface area (Å²) in [5, 5.41) is 2.86. The lowest BCUT2D eigenvalue weighted by Gasteiger charge is -2.28. The van der Waals surface area contributed by atoms with Crippen LogP contribution in [-0.2, 0) is 4.79 Å². The van der Waals surface area contributed by atoms with Crippen LogP contribution < -0.4 is 10.2 Å². The number of hydrogen-bond donors (Lipinski definition) is 1. The molecule has 1 aliphatic heterocycles. The first-order chi connectivity index (χ1) is 7.61. The van der Waals surface area contributed by atoms with Crippen molar-refractivity contribution >= 4 is 29.0 Å². The lowest BCUT2D eigenvalue weighted by Crippen LogP contribution is -2.39. The van der Waals surface area contributed by atoms with E-state index in [-0.39, 0.29) is 17.7 Å². The van der Waals surface area contributed by atoms with Gasteiger partial charge >= 0.3 is 0 Å².